The largest absolute Gasteiger partial charge is 0.286 e. The van der Waals surface area contributed by atoms with Crippen LogP contribution in [0.4, 0.5) is 0 Å². The molecule has 5 rings (SSSR count). The van der Waals surface area contributed by atoms with Crippen LogP contribution in [0, 0.1) is 22.7 Å². The second-order valence-corrected chi connectivity index (χ2v) is 8.03. The lowest BCUT2D eigenvalue weighted by atomic mass is 9.87. The van der Waals surface area contributed by atoms with Gasteiger partial charge in [0.05, 0.1) is 43.0 Å². The molecule has 4 aromatic rings. The van der Waals surface area contributed by atoms with Crippen LogP contribution in [0.15, 0.2) is 55.2 Å². The predicted molar refractivity (Wildman–Crippen MR) is 115 cm³/mol. The van der Waals surface area contributed by atoms with Gasteiger partial charge in [0.1, 0.15) is 5.54 Å². The Bertz CT molecular complexity index is 1340. The fourth-order valence-electron chi connectivity index (χ4n) is 4.36. The highest BCUT2D eigenvalue weighted by Crippen LogP contribution is 2.36. The van der Waals surface area contributed by atoms with E-state index in [1.54, 1.807) is 10.9 Å². The number of hydrogen-bond donors (Lipinski definition) is 0. The minimum absolute atomic E-state index is 0.355. The summed E-state index contributed by atoms with van der Waals surface area (Å²) in [6.45, 7) is 1.66. The highest BCUT2D eigenvalue weighted by atomic mass is 15.4. The van der Waals surface area contributed by atoms with Gasteiger partial charge in [0.15, 0.2) is 0 Å². The fraction of sp³-hybridized carbons (Fsp3) is 0.261. The Labute approximate surface area is 179 Å². The summed E-state index contributed by atoms with van der Waals surface area (Å²) in [4.78, 5) is 6.60. The molecule has 0 spiro atoms. The first-order chi connectivity index (χ1) is 15.1. The molecule has 1 aliphatic heterocycles. The van der Waals surface area contributed by atoms with E-state index in [9.17, 15) is 5.26 Å². The number of likely N-dealkylation sites (tertiary alicyclic amines) is 1. The third kappa shape index (κ3) is 3.24. The molecular formula is C23H20N8. The van der Waals surface area contributed by atoms with Crippen LogP contribution in [0.2, 0.25) is 0 Å². The number of fused-ring (bicyclic) bond motifs is 1. The highest BCUT2D eigenvalue weighted by Gasteiger charge is 2.45. The van der Waals surface area contributed by atoms with E-state index in [4.69, 9.17) is 5.26 Å². The first-order valence-corrected chi connectivity index (χ1v) is 10.0. The van der Waals surface area contributed by atoms with Gasteiger partial charge in [-0.3, -0.25) is 19.2 Å². The van der Waals surface area contributed by atoms with Gasteiger partial charge in [-0.25, -0.2) is 0 Å². The number of aryl methyl sites for hydroxylation is 1. The molecule has 1 fully saturated rings. The quantitative estimate of drug-likeness (QED) is 0.471. The van der Waals surface area contributed by atoms with Gasteiger partial charge >= 0.3 is 0 Å². The Morgan fingerprint density at radius 1 is 1.03 bits per heavy atom. The molecule has 152 valence electrons. The van der Waals surface area contributed by atoms with Crippen molar-refractivity contribution in [1.29, 1.82) is 10.5 Å². The van der Waals surface area contributed by atoms with Gasteiger partial charge in [0.25, 0.3) is 0 Å². The molecule has 0 N–H and O–H groups in total. The second-order valence-electron chi connectivity index (χ2n) is 8.03. The smallest absolute Gasteiger partial charge is 0.101 e. The summed E-state index contributed by atoms with van der Waals surface area (Å²) in [5.74, 6) is 0. The average Bonchev–Trinajstić information content (AvgIpc) is 3.41. The molecule has 0 aliphatic carbocycles. The van der Waals surface area contributed by atoms with Crippen LogP contribution in [-0.2, 0) is 12.6 Å². The van der Waals surface area contributed by atoms with E-state index in [1.165, 1.54) is 0 Å². The van der Waals surface area contributed by atoms with Gasteiger partial charge < -0.3 is 0 Å². The van der Waals surface area contributed by atoms with Crippen molar-refractivity contribution < 1.29 is 0 Å². The summed E-state index contributed by atoms with van der Waals surface area (Å²) < 4.78 is 3.68. The zero-order valence-electron chi connectivity index (χ0n) is 17.1. The van der Waals surface area contributed by atoms with E-state index in [1.807, 2.05) is 47.5 Å². The summed E-state index contributed by atoms with van der Waals surface area (Å²) in [7, 11) is 1.90. The second kappa shape index (κ2) is 7.35. The number of nitrogens with zero attached hydrogens (tertiary/aromatic N) is 8. The Kier molecular flexibility index (Phi) is 4.50. The van der Waals surface area contributed by atoms with E-state index < -0.39 is 5.54 Å². The van der Waals surface area contributed by atoms with Crippen LogP contribution in [0.25, 0.3) is 33.2 Å². The van der Waals surface area contributed by atoms with Crippen LogP contribution in [0.5, 0.6) is 0 Å². The zero-order chi connectivity index (χ0) is 21.4. The lowest BCUT2D eigenvalue weighted by molar-refractivity contribution is 0.0157. The van der Waals surface area contributed by atoms with E-state index in [2.05, 4.69) is 45.5 Å². The van der Waals surface area contributed by atoms with Crippen molar-refractivity contribution in [3.05, 3.63) is 55.2 Å². The Morgan fingerprint density at radius 2 is 1.87 bits per heavy atom. The standard InChI is InChI=1S/C23H20N8/c1-29-13-18(11-27-29)17-9-21(20-3-2-7-26-22(20)10-17)19-12-28-31(14-19)23(4-5-24)15-30(16-23)8-6-25/h2-3,7,9-14H,4,8,15-16H2,1H3. The fourth-order valence-corrected chi connectivity index (χ4v) is 4.36. The number of rotatable bonds is 5. The first-order valence-electron chi connectivity index (χ1n) is 10.0. The first kappa shape index (κ1) is 19.0. The molecular weight excluding hydrogens is 388 g/mol. The molecule has 8 heteroatoms. The zero-order valence-corrected chi connectivity index (χ0v) is 17.1. The van der Waals surface area contributed by atoms with Crippen LogP contribution in [0.3, 0.4) is 0 Å². The van der Waals surface area contributed by atoms with Gasteiger partial charge in [-0.15, -0.1) is 0 Å². The predicted octanol–water partition coefficient (Wildman–Crippen LogP) is 2.95. The van der Waals surface area contributed by atoms with Crippen molar-refractivity contribution in [1.82, 2.24) is 29.4 Å². The third-order valence-corrected chi connectivity index (χ3v) is 5.88. The normalized spacial score (nSPS) is 15.3. The SMILES string of the molecule is Cn1cc(-c2cc(-c3cnn(C4(CC#N)CN(CC#N)C4)c3)c3cccnc3c2)cn1. The Balaban J connectivity index is 1.58. The number of aromatic nitrogens is 5. The average molecular weight is 408 g/mol. The summed E-state index contributed by atoms with van der Waals surface area (Å²) in [6, 6.07) is 12.7. The summed E-state index contributed by atoms with van der Waals surface area (Å²) in [6.07, 6.45) is 9.84. The van der Waals surface area contributed by atoms with Crippen molar-refractivity contribution in [3.63, 3.8) is 0 Å². The topological polar surface area (TPSA) is 99.3 Å². The molecule has 0 amide bonds. The lowest BCUT2D eigenvalue weighted by Gasteiger charge is -2.48. The van der Waals surface area contributed by atoms with E-state index in [-0.39, 0.29) is 0 Å². The molecule has 8 nitrogen and oxygen atoms in total. The maximum absolute atomic E-state index is 9.38. The number of nitriles is 2. The van der Waals surface area contributed by atoms with Gasteiger partial charge in [0, 0.05) is 55.2 Å². The molecule has 0 bridgehead atoms. The van der Waals surface area contributed by atoms with Gasteiger partial charge in [-0.05, 0) is 29.3 Å². The molecule has 0 atom stereocenters. The number of pyridine rings is 1. The summed E-state index contributed by atoms with van der Waals surface area (Å²) in [5.41, 5.74) is 4.59. The third-order valence-electron chi connectivity index (χ3n) is 5.88. The number of benzene rings is 1. The van der Waals surface area contributed by atoms with E-state index >= 15 is 0 Å². The molecule has 0 saturated carbocycles. The van der Waals surface area contributed by atoms with E-state index in [0.29, 0.717) is 26.1 Å². The molecule has 3 aromatic heterocycles. The van der Waals surface area contributed by atoms with Crippen molar-refractivity contribution >= 4 is 10.9 Å². The Morgan fingerprint density at radius 3 is 2.61 bits per heavy atom. The van der Waals surface area contributed by atoms with Gasteiger partial charge in [-0.1, -0.05) is 6.07 Å². The van der Waals surface area contributed by atoms with Gasteiger partial charge in [0.2, 0.25) is 0 Å². The molecule has 1 aliphatic rings. The van der Waals surface area contributed by atoms with Crippen molar-refractivity contribution in [2.45, 2.75) is 12.0 Å². The monoisotopic (exact) mass is 408 g/mol. The maximum atomic E-state index is 9.38. The van der Waals surface area contributed by atoms with Crippen LogP contribution in [-0.4, -0.2) is 49.1 Å². The minimum atomic E-state index is -0.390. The summed E-state index contributed by atoms with van der Waals surface area (Å²) in [5, 5.41) is 28.3. The van der Waals surface area contributed by atoms with Crippen LogP contribution in [0.1, 0.15) is 6.42 Å². The van der Waals surface area contributed by atoms with Crippen molar-refractivity contribution in [2.75, 3.05) is 19.6 Å². The van der Waals surface area contributed by atoms with Crippen molar-refractivity contribution in [2.24, 2.45) is 7.05 Å². The lowest BCUT2D eigenvalue weighted by Crippen LogP contribution is -2.62. The Hall–Kier alpha value is -4.01. The van der Waals surface area contributed by atoms with Crippen molar-refractivity contribution in [3.8, 4) is 34.4 Å². The van der Waals surface area contributed by atoms with Crippen LogP contribution < -0.4 is 0 Å². The minimum Gasteiger partial charge on any atom is -0.286 e. The molecule has 0 radical (unpaired) electrons. The molecule has 1 aromatic carbocycles. The molecule has 0 unspecified atom stereocenters. The van der Waals surface area contributed by atoms with E-state index in [0.717, 1.165) is 33.2 Å². The summed E-state index contributed by atoms with van der Waals surface area (Å²) >= 11 is 0. The maximum Gasteiger partial charge on any atom is 0.101 e. The highest BCUT2D eigenvalue weighted by molar-refractivity contribution is 5.97. The van der Waals surface area contributed by atoms with Gasteiger partial charge in [-0.2, -0.15) is 20.7 Å². The molecule has 4 heterocycles. The van der Waals surface area contributed by atoms with Crippen LogP contribution >= 0.6 is 0 Å². The number of hydrogen-bond acceptors (Lipinski definition) is 6. The molecule has 31 heavy (non-hydrogen) atoms. The molecule has 1 saturated heterocycles.